The average Bonchev–Trinajstić information content (AvgIpc) is 3.18. The maximum absolute atomic E-state index is 13.4. The van der Waals surface area contributed by atoms with Crippen LogP contribution in [-0.4, -0.2) is 5.78 Å². The number of fused-ring (bicyclic) bond motifs is 1. The third-order valence-electron chi connectivity index (χ3n) is 5.67. The molecule has 1 aliphatic heterocycles. The Balaban J connectivity index is 1.62. The smallest absolute Gasteiger partial charge is 0.163 e. The lowest BCUT2D eigenvalue weighted by atomic mass is 9.80. The van der Waals surface area contributed by atoms with Crippen molar-refractivity contribution in [3.05, 3.63) is 93.3 Å². The molecule has 2 heterocycles. The number of thiophene rings is 1. The maximum Gasteiger partial charge on any atom is 0.163 e. The van der Waals surface area contributed by atoms with E-state index < -0.39 is 0 Å². The molecule has 0 unspecified atom stereocenters. The molecule has 2 aromatic carbocycles. The summed E-state index contributed by atoms with van der Waals surface area (Å²) in [5.41, 5.74) is 6.34. The molecule has 4 heteroatoms. The highest BCUT2D eigenvalue weighted by Gasteiger charge is 2.36. The second-order valence-corrected chi connectivity index (χ2v) is 8.57. The number of carbonyl (C=O) groups excluding carboxylic acids is 1. The van der Waals surface area contributed by atoms with Crippen LogP contribution < -0.4 is 10.6 Å². The predicted octanol–water partition coefficient (Wildman–Crippen LogP) is 6.04. The van der Waals surface area contributed by atoms with Gasteiger partial charge in [-0.25, -0.2) is 0 Å². The van der Waals surface area contributed by atoms with Crippen molar-refractivity contribution >= 4 is 28.5 Å². The number of para-hydroxylation sites is 2. The van der Waals surface area contributed by atoms with Crippen LogP contribution in [0, 0.1) is 6.92 Å². The molecule has 1 aliphatic carbocycles. The largest absolute Gasteiger partial charge is 0.372 e. The third-order valence-corrected chi connectivity index (χ3v) is 6.70. The first kappa shape index (κ1) is 17.3. The molecule has 3 nitrogen and oxygen atoms in total. The molecule has 0 saturated carbocycles. The Morgan fingerprint density at radius 1 is 0.929 bits per heavy atom. The highest BCUT2D eigenvalue weighted by Crippen LogP contribution is 2.44. The van der Waals surface area contributed by atoms with Crippen molar-refractivity contribution in [3.8, 4) is 0 Å². The minimum Gasteiger partial charge on any atom is -0.372 e. The fourth-order valence-corrected chi connectivity index (χ4v) is 5.06. The monoisotopic (exact) mass is 386 g/mol. The van der Waals surface area contributed by atoms with Gasteiger partial charge in [0.2, 0.25) is 0 Å². The molecule has 140 valence electrons. The molecule has 3 aromatic rings. The van der Waals surface area contributed by atoms with Crippen molar-refractivity contribution in [2.24, 2.45) is 0 Å². The van der Waals surface area contributed by atoms with Crippen LogP contribution in [0.2, 0.25) is 0 Å². The Kier molecular flexibility index (Phi) is 4.29. The maximum atomic E-state index is 13.4. The SMILES string of the molecule is Cc1ccc([C@@H]2Nc3ccccc3NC3=C2C(=O)C[C@@H](c2cccs2)C3)cc1. The summed E-state index contributed by atoms with van der Waals surface area (Å²) < 4.78 is 0. The van der Waals surface area contributed by atoms with Crippen LogP contribution in [0.4, 0.5) is 11.4 Å². The lowest BCUT2D eigenvalue weighted by molar-refractivity contribution is -0.116. The summed E-state index contributed by atoms with van der Waals surface area (Å²) in [4.78, 5) is 14.6. The van der Waals surface area contributed by atoms with E-state index in [1.807, 2.05) is 12.1 Å². The zero-order valence-corrected chi connectivity index (χ0v) is 16.6. The molecular formula is C24H22N2OS. The van der Waals surface area contributed by atoms with Gasteiger partial charge in [0, 0.05) is 28.5 Å². The van der Waals surface area contributed by atoms with E-state index in [1.54, 1.807) is 11.3 Å². The van der Waals surface area contributed by atoms with Crippen molar-refractivity contribution < 1.29 is 4.79 Å². The number of rotatable bonds is 2. The number of nitrogens with one attached hydrogen (secondary N) is 2. The first-order valence-corrected chi connectivity index (χ1v) is 10.6. The minimum absolute atomic E-state index is 0.136. The molecule has 2 N–H and O–H groups in total. The quantitative estimate of drug-likeness (QED) is 0.564. The number of hydrogen-bond donors (Lipinski definition) is 2. The standard InChI is InChI=1S/C24H22N2OS/c1-15-8-10-16(11-9-15)24-23-20(25-18-5-2-3-6-19(18)26-24)13-17(14-21(23)27)22-7-4-12-28-22/h2-12,17,24-26H,13-14H2,1H3/t17-,24-/m0/s1. The van der Waals surface area contributed by atoms with Gasteiger partial charge in [0.05, 0.1) is 17.4 Å². The zero-order chi connectivity index (χ0) is 19.1. The van der Waals surface area contributed by atoms with Crippen LogP contribution in [0.15, 0.2) is 77.3 Å². The Hall–Kier alpha value is -2.85. The fourth-order valence-electron chi connectivity index (χ4n) is 4.23. The molecule has 0 saturated heterocycles. The van der Waals surface area contributed by atoms with Crippen molar-refractivity contribution in [1.82, 2.24) is 0 Å². The molecule has 0 bridgehead atoms. The first-order chi connectivity index (χ1) is 13.7. The van der Waals surface area contributed by atoms with Crippen LogP contribution in [0.1, 0.15) is 40.8 Å². The summed E-state index contributed by atoms with van der Waals surface area (Å²) in [7, 11) is 0. The minimum atomic E-state index is -0.136. The van der Waals surface area contributed by atoms with E-state index in [-0.39, 0.29) is 17.7 Å². The number of benzene rings is 2. The van der Waals surface area contributed by atoms with Gasteiger partial charge in [0.1, 0.15) is 0 Å². The van der Waals surface area contributed by atoms with E-state index in [0.29, 0.717) is 6.42 Å². The Labute approximate surface area is 169 Å². The topological polar surface area (TPSA) is 41.1 Å². The average molecular weight is 387 g/mol. The van der Waals surface area contributed by atoms with Crippen LogP contribution in [0.5, 0.6) is 0 Å². The number of carbonyl (C=O) groups is 1. The van der Waals surface area contributed by atoms with E-state index in [9.17, 15) is 4.79 Å². The van der Waals surface area contributed by atoms with Crippen molar-refractivity contribution in [1.29, 1.82) is 0 Å². The molecule has 28 heavy (non-hydrogen) atoms. The summed E-state index contributed by atoms with van der Waals surface area (Å²) in [6.45, 7) is 2.09. The van der Waals surface area contributed by atoms with Crippen molar-refractivity contribution in [2.45, 2.75) is 31.7 Å². The molecule has 2 atom stereocenters. The van der Waals surface area contributed by atoms with Crippen LogP contribution >= 0.6 is 11.3 Å². The van der Waals surface area contributed by atoms with Gasteiger partial charge in [-0.15, -0.1) is 11.3 Å². The number of hydrogen-bond acceptors (Lipinski definition) is 4. The highest BCUT2D eigenvalue weighted by molar-refractivity contribution is 7.10. The number of allylic oxidation sites excluding steroid dienone is 1. The third kappa shape index (κ3) is 3.04. The molecule has 0 fully saturated rings. The molecule has 0 amide bonds. The van der Waals surface area contributed by atoms with Gasteiger partial charge >= 0.3 is 0 Å². The summed E-state index contributed by atoms with van der Waals surface area (Å²) in [5.74, 6) is 0.487. The lowest BCUT2D eigenvalue weighted by Gasteiger charge is -2.29. The van der Waals surface area contributed by atoms with Gasteiger partial charge in [-0.2, -0.15) is 0 Å². The first-order valence-electron chi connectivity index (χ1n) is 9.68. The summed E-state index contributed by atoms with van der Waals surface area (Å²) >= 11 is 1.74. The fraction of sp³-hybridized carbons (Fsp3) is 0.208. The molecular weight excluding hydrogens is 364 g/mol. The van der Waals surface area contributed by atoms with E-state index in [1.165, 1.54) is 10.4 Å². The second kappa shape index (κ2) is 6.95. The van der Waals surface area contributed by atoms with Crippen molar-refractivity contribution in [2.75, 3.05) is 10.6 Å². The van der Waals surface area contributed by atoms with Gasteiger partial charge in [0.25, 0.3) is 0 Å². The molecule has 5 rings (SSSR count). The molecule has 0 spiro atoms. The molecule has 2 aliphatic rings. The number of Topliss-reactive ketones (excluding diaryl/α,β-unsaturated/α-hetero) is 1. The van der Waals surface area contributed by atoms with E-state index in [0.717, 1.165) is 34.6 Å². The van der Waals surface area contributed by atoms with Crippen molar-refractivity contribution in [3.63, 3.8) is 0 Å². The Morgan fingerprint density at radius 2 is 1.71 bits per heavy atom. The summed E-state index contributed by atoms with van der Waals surface area (Å²) in [6.07, 6.45) is 1.43. The highest BCUT2D eigenvalue weighted by atomic mass is 32.1. The summed E-state index contributed by atoms with van der Waals surface area (Å²) in [5, 5.41) is 9.33. The number of anilines is 2. The van der Waals surface area contributed by atoms with E-state index >= 15 is 0 Å². The van der Waals surface area contributed by atoms with E-state index in [2.05, 4.69) is 71.5 Å². The number of ketones is 1. The van der Waals surface area contributed by atoms with Gasteiger partial charge in [-0.1, -0.05) is 48.0 Å². The predicted molar refractivity (Wildman–Crippen MR) is 116 cm³/mol. The van der Waals surface area contributed by atoms with Gasteiger partial charge in [-0.3, -0.25) is 4.79 Å². The Morgan fingerprint density at radius 3 is 2.46 bits per heavy atom. The van der Waals surface area contributed by atoms with Crippen LogP contribution in [0.25, 0.3) is 0 Å². The van der Waals surface area contributed by atoms with Gasteiger partial charge in [0.15, 0.2) is 5.78 Å². The van der Waals surface area contributed by atoms with E-state index in [4.69, 9.17) is 0 Å². The number of aryl methyl sites for hydroxylation is 1. The normalized spacial score (nSPS) is 21.2. The van der Waals surface area contributed by atoms with Gasteiger partial charge < -0.3 is 10.6 Å². The van der Waals surface area contributed by atoms with Crippen LogP contribution in [0.3, 0.4) is 0 Å². The van der Waals surface area contributed by atoms with Crippen LogP contribution in [-0.2, 0) is 4.79 Å². The van der Waals surface area contributed by atoms with Gasteiger partial charge in [-0.05, 0) is 42.5 Å². The zero-order valence-electron chi connectivity index (χ0n) is 15.7. The molecule has 1 aromatic heterocycles. The molecule has 0 radical (unpaired) electrons. The Bertz CT molecular complexity index is 1050. The lowest BCUT2D eigenvalue weighted by Crippen LogP contribution is -2.26. The summed E-state index contributed by atoms with van der Waals surface area (Å²) in [6, 6.07) is 20.8. The second-order valence-electron chi connectivity index (χ2n) is 7.59.